The maximum atomic E-state index is 10.3. The van der Waals surface area contributed by atoms with E-state index in [0.29, 0.717) is 11.3 Å². The average molecular weight is 270 g/mol. The van der Waals surface area contributed by atoms with Crippen LogP contribution in [0.5, 0.6) is 0 Å². The van der Waals surface area contributed by atoms with E-state index in [2.05, 4.69) is 9.97 Å². The first kappa shape index (κ1) is 12.9. The van der Waals surface area contributed by atoms with Gasteiger partial charge in [-0.2, -0.15) is 0 Å². The third-order valence-corrected chi connectivity index (χ3v) is 3.88. The number of anilines is 1. The highest BCUT2D eigenvalue weighted by molar-refractivity contribution is 6.06. The van der Waals surface area contributed by atoms with Gasteiger partial charge in [0.05, 0.1) is 29.0 Å². The number of aliphatic hydroxyl groups is 1. The quantitative estimate of drug-likeness (QED) is 0.750. The summed E-state index contributed by atoms with van der Waals surface area (Å²) in [6, 6.07) is 7.70. The van der Waals surface area contributed by atoms with Crippen LogP contribution in [0, 0.1) is 0 Å². The fourth-order valence-electron chi connectivity index (χ4n) is 2.40. The number of benzene rings is 1. The molecule has 1 aromatic carbocycles. The second-order valence-electron chi connectivity index (χ2n) is 5.69. The van der Waals surface area contributed by atoms with Crippen LogP contribution in [0.25, 0.3) is 21.9 Å². The zero-order valence-electron chi connectivity index (χ0n) is 11.8. The summed E-state index contributed by atoms with van der Waals surface area (Å²) in [5.41, 5.74) is 7.58. The molecule has 20 heavy (non-hydrogen) atoms. The van der Waals surface area contributed by atoms with Crippen molar-refractivity contribution in [1.29, 1.82) is 0 Å². The SMILES string of the molecule is C[C@@H](n1cnc2c(N)nc3ccccc3c21)C(C)(C)O. The molecular formula is C15H18N4O. The van der Waals surface area contributed by atoms with Gasteiger partial charge in [0.1, 0.15) is 5.52 Å². The molecule has 0 saturated carbocycles. The monoisotopic (exact) mass is 270 g/mol. The highest BCUT2D eigenvalue weighted by Gasteiger charge is 2.26. The first-order valence-electron chi connectivity index (χ1n) is 6.62. The molecule has 3 N–H and O–H groups in total. The molecule has 3 rings (SSSR count). The molecule has 0 bridgehead atoms. The van der Waals surface area contributed by atoms with E-state index in [1.54, 1.807) is 20.2 Å². The Balaban J connectivity index is 2.41. The van der Waals surface area contributed by atoms with Crippen LogP contribution >= 0.6 is 0 Å². The molecule has 0 unspecified atom stereocenters. The van der Waals surface area contributed by atoms with Gasteiger partial charge in [0, 0.05) is 5.39 Å². The second kappa shape index (κ2) is 4.18. The summed E-state index contributed by atoms with van der Waals surface area (Å²) in [6.45, 7) is 5.54. The standard InChI is InChI=1S/C15H18N4O/c1-9(15(2,3)20)19-8-17-12-13(19)10-6-4-5-7-11(10)18-14(12)16/h4-9,20H,1-3H3,(H2,16,18)/t9-/m1/s1. The first-order valence-corrected chi connectivity index (χ1v) is 6.62. The van der Waals surface area contributed by atoms with E-state index in [-0.39, 0.29) is 6.04 Å². The van der Waals surface area contributed by atoms with Gasteiger partial charge in [-0.1, -0.05) is 18.2 Å². The van der Waals surface area contributed by atoms with Crippen molar-refractivity contribution in [2.45, 2.75) is 32.4 Å². The van der Waals surface area contributed by atoms with Gasteiger partial charge < -0.3 is 15.4 Å². The second-order valence-corrected chi connectivity index (χ2v) is 5.69. The summed E-state index contributed by atoms with van der Waals surface area (Å²) < 4.78 is 1.97. The Morgan fingerprint density at radius 1 is 1.30 bits per heavy atom. The fourth-order valence-corrected chi connectivity index (χ4v) is 2.40. The van der Waals surface area contributed by atoms with Crippen LogP contribution in [-0.2, 0) is 0 Å². The molecule has 5 nitrogen and oxygen atoms in total. The van der Waals surface area contributed by atoms with E-state index in [9.17, 15) is 5.11 Å². The lowest BCUT2D eigenvalue weighted by Crippen LogP contribution is -2.30. The number of hydrogen-bond donors (Lipinski definition) is 2. The molecule has 0 aliphatic rings. The van der Waals surface area contributed by atoms with Crippen molar-refractivity contribution >= 4 is 27.8 Å². The summed E-state index contributed by atoms with van der Waals surface area (Å²) in [4.78, 5) is 8.75. The molecule has 2 heterocycles. The number of para-hydroxylation sites is 1. The Labute approximate surface area is 117 Å². The third kappa shape index (κ3) is 1.82. The Kier molecular flexibility index (Phi) is 2.69. The number of aromatic nitrogens is 3. The highest BCUT2D eigenvalue weighted by atomic mass is 16.3. The predicted molar refractivity (Wildman–Crippen MR) is 80.5 cm³/mol. The van der Waals surface area contributed by atoms with Crippen LogP contribution < -0.4 is 5.73 Å². The maximum absolute atomic E-state index is 10.3. The van der Waals surface area contributed by atoms with Gasteiger partial charge in [-0.3, -0.25) is 0 Å². The molecule has 0 aliphatic heterocycles. The Hall–Kier alpha value is -2.14. The molecule has 0 amide bonds. The zero-order valence-corrected chi connectivity index (χ0v) is 11.8. The molecule has 0 spiro atoms. The number of nitrogens with zero attached hydrogens (tertiary/aromatic N) is 3. The van der Waals surface area contributed by atoms with Crippen molar-refractivity contribution in [2.24, 2.45) is 0 Å². The van der Waals surface area contributed by atoms with Crippen LogP contribution in [0.3, 0.4) is 0 Å². The van der Waals surface area contributed by atoms with E-state index >= 15 is 0 Å². The summed E-state index contributed by atoms with van der Waals surface area (Å²) >= 11 is 0. The maximum Gasteiger partial charge on any atom is 0.152 e. The van der Waals surface area contributed by atoms with Gasteiger partial charge in [-0.05, 0) is 26.8 Å². The van der Waals surface area contributed by atoms with E-state index in [4.69, 9.17) is 5.73 Å². The van der Waals surface area contributed by atoms with E-state index in [1.165, 1.54) is 0 Å². The molecule has 1 atom stereocenters. The lowest BCUT2D eigenvalue weighted by atomic mass is 10.0. The summed E-state index contributed by atoms with van der Waals surface area (Å²) in [5.74, 6) is 0.417. The van der Waals surface area contributed by atoms with Gasteiger partial charge in [0.2, 0.25) is 0 Å². The number of imidazole rings is 1. The van der Waals surface area contributed by atoms with Crippen molar-refractivity contribution < 1.29 is 5.11 Å². The number of nitrogens with two attached hydrogens (primary N) is 1. The van der Waals surface area contributed by atoms with Crippen molar-refractivity contribution in [1.82, 2.24) is 14.5 Å². The molecule has 104 valence electrons. The normalized spacial score (nSPS) is 14.0. The van der Waals surface area contributed by atoms with Gasteiger partial charge in [-0.25, -0.2) is 9.97 Å². The van der Waals surface area contributed by atoms with E-state index < -0.39 is 5.60 Å². The molecule has 0 fully saturated rings. The van der Waals surface area contributed by atoms with Crippen molar-refractivity contribution in [3.8, 4) is 0 Å². The lowest BCUT2D eigenvalue weighted by molar-refractivity contribution is 0.0320. The summed E-state index contributed by atoms with van der Waals surface area (Å²) in [5, 5.41) is 11.3. The minimum atomic E-state index is -0.854. The third-order valence-electron chi connectivity index (χ3n) is 3.88. The van der Waals surface area contributed by atoms with Crippen molar-refractivity contribution in [2.75, 3.05) is 5.73 Å². The largest absolute Gasteiger partial charge is 0.388 e. The lowest BCUT2D eigenvalue weighted by Gasteiger charge is -2.27. The molecule has 2 aromatic heterocycles. The predicted octanol–water partition coefficient (Wildman–Crippen LogP) is 2.50. The smallest absolute Gasteiger partial charge is 0.152 e. The number of fused-ring (bicyclic) bond motifs is 3. The molecule has 5 heteroatoms. The minimum absolute atomic E-state index is 0.127. The average Bonchev–Trinajstić information content (AvgIpc) is 2.82. The number of hydrogen-bond acceptors (Lipinski definition) is 4. The summed E-state index contributed by atoms with van der Waals surface area (Å²) in [6.07, 6.45) is 1.72. The highest BCUT2D eigenvalue weighted by Crippen LogP contribution is 2.32. The van der Waals surface area contributed by atoms with Crippen LogP contribution in [0.2, 0.25) is 0 Å². The Morgan fingerprint density at radius 2 is 2.00 bits per heavy atom. The van der Waals surface area contributed by atoms with E-state index in [0.717, 1.165) is 16.4 Å². The molecule has 0 aliphatic carbocycles. The van der Waals surface area contributed by atoms with Gasteiger partial charge in [-0.15, -0.1) is 0 Å². The van der Waals surface area contributed by atoms with Gasteiger partial charge >= 0.3 is 0 Å². The Morgan fingerprint density at radius 3 is 2.70 bits per heavy atom. The number of rotatable bonds is 2. The van der Waals surface area contributed by atoms with Gasteiger partial charge in [0.15, 0.2) is 5.82 Å². The van der Waals surface area contributed by atoms with Crippen LogP contribution in [0.15, 0.2) is 30.6 Å². The van der Waals surface area contributed by atoms with Crippen LogP contribution in [-0.4, -0.2) is 25.2 Å². The molecule has 3 aromatic rings. The van der Waals surface area contributed by atoms with E-state index in [1.807, 2.05) is 35.8 Å². The van der Waals surface area contributed by atoms with Crippen LogP contribution in [0.4, 0.5) is 5.82 Å². The molecule has 0 radical (unpaired) electrons. The van der Waals surface area contributed by atoms with Crippen LogP contribution in [0.1, 0.15) is 26.8 Å². The minimum Gasteiger partial charge on any atom is -0.388 e. The fraction of sp³-hybridized carbons (Fsp3) is 0.333. The molecular weight excluding hydrogens is 252 g/mol. The van der Waals surface area contributed by atoms with Crippen molar-refractivity contribution in [3.05, 3.63) is 30.6 Å². The van der Waals surface area contributed by atoms with Gasteiger partial charge in [0.25, 0.3) is 0 Å². The molecule has 0 saturated heterocycles. The number of pyridine rings is 1. The first-order chi connectivity index (χ1) is 9.39. The summed E-state index contributed by atoms with van der Waals surface area (Å²) in [7, 11) is 0. The van der Waals surface area contributed by atoms with Crippen molar-refractivity contribution in [3.63, 3.8) is 0 Å². The zero-order chi connectivity index (χ0) is 14.5. The number of nitrogen functional groups attached to an aromatic ring is 1. The Bertz CT molecular complexity index is 786. The topological polar surface area (TPSA) is 77.0 Å².